The van der Waals surface area contributed by atoms with Crippen LogP contribution < -0.4 is 9.47 Å². The van der Waals surface area contributed by atoms with Gasteiger partial charge in [-0.1, -0.05) is 13.8 Å². The fourth-order valence-electron chi connectivity index (χ4n) is 3.35. The van der Waals surface area contributed by atoms with Crippen molar-refractivity contribution < 1.29 is 13.9 Å². The van der Waals surface area contributed by atoms with Crippen molar-refractivity contribution in [2.45, 2.75) is 39.7 Å². The standard InChI is InChI=1S/C22H29FN4O2/c1-5-26(6-2)13-7-8-16(3)29-22-12-11-21-24-15-19(27(21)25-22)17-9-10-20(28-4)18(23)14-17/h9-12,14-16H,5-8,13H2,1-4H3. The molecule has 1 atom stereocenters. The highest BCUT2D eigenvalue weighted by Gasteiger charge is 2.13. The molecule has 0 spiro atoms. The number of fused-ring (bicyclic) bond motifs is 1. The summed E-state index contributed by atoms with van der Waals surface area (Å²) in [5.74, 6) is 0.313. The van der Waals surface area contributed by atoms with E-state index in [4.69, 9.17) is 9.47 Å². The molecular weight excluding hydrogens is 371 g/mol. The highest BCUT2D eigenvalue weighted by molar-refractivity contribution is 5.64. The number of halogens is 1. The van der Waals surface area contributed by atoms with E-state index >= 15 is 0 Å². The van der Waals surface area contributed by atoms with Gasteiger partial charge in [-0.2, -0.15) is 0 Å². The number of rotatable bonds is 10. The fourth-order valence-corrected chi connectivity index (χ4v) is 3.35. The van der Waals surface area contributed by atoms with Gasteiger partial charge in [0.15, 0.2) is 17.2 Å². The summed E-state index contributed by atoms with van der Waals surface area (Å²) < 4.78 is 26.8. The van der Waals surface area contributed by atoms with Gasteiger partial charge in [-0.25, -0.2) is 13.9 Å². The number of ether oxygens (including phenoxy) is 2. The zero-order valence-corrected chi connectivity index (χ0v) is 17.6. The Labute approximate surface area is 171 Å². The Morgan fingerprint density at radius 1 is 1.17 bits per heavy atom. The van der Waals surface area contributed by atoms with E-state index in [0.717, 1.165) is 32.5 Å². The van der Waals surface area contributed by atoms with Crippen LogP contribution in [0.15, 0.2) is 36.5 Å². The summed E-state index contributed by atoms with van der Waals surface area (Å²) in [5.41, 5.74) is 2.05. The van der Waals surface area contributed by atoms with Crippen LogP contribution in [0, 0.1) is 5.82 Å². The van der Waals surface area contributed by atoms with E-state index in [0.29, 0.717) is 22.8 Å². The Kier molecular flexibility index (Phi) is 7.04. The van der Waals surface area contributed by atoms with Crippen LogP contribution >= 0.6 is 0 Å². The third-order valence-electron chi connectivity index (χ3n) is 5.09. The molecule has 0 aliphatic carbocycles. The van der Waals surface area contributed by atoms with Crippen molar-refractivity contribution in [3.05, 3.63) is 42.3 Å². The molecule has 0 radical (unpaired) electrons. The maximum atomic E-state index is 14.1. The zero-order chi connectivity index (χ0) is 20.8. The van der Waals surface area contributed by atoms with Gasteiger partial charge in [0.25, 0.3) is 0 Å². The van der Waals surface area contributed by atoms with Gasteiger partial charge in [-0.15, -0.1) is 5.10 Å². The summed E-state index contributed by atoms with van der Waals surface area (Å²) in [7, 11) is 1.45. The quantitative estimate of drug-likeness (QED) is 0.504. The average molecular weight is 400 g/mol. The minimum Gasteiger partial charge on any atom is -0.494 e. The lowest BCUT2D eigenvalue weighted by molar-refractivity contribution is 0.186. The molecule has 0 saturated carbocycles. The Hall–Kier alpha value is -2.67. The minimum atomic E-state index is -0.422. The lowest BCUT2D eigenvalue weighted by Gasteiger charge is -2.19. The molecule has 3 aromatic rings. The first kappa shape index (κ1) is 21.0. The number of nitrogens with zero attached hydrogens (tertiary/aromatic N) is 4. The van der Waals surface area contributed by atoms with Crippen molar-refractivity contribution in [2.24, 2.45) is 0 Å². The summed E-state index contributed by atoms with van der Waals surface area (Å²) in [6.07, 6.45) is 3.77. The summed E-state index contributed by atoms with van der Waals surface area (Å²) in [6, 6.07) is 8.49. The van der Waals surface area contributed by atoms with Crippen LogP contribution in [0.25, 0.3) is 16.9 Å². The molecule has 2 heterocycles. The Morgan fingerprint density at radius 3 is 2.66 bits per heavy atom. The van der Waals surface area contributed by atoms with Gasteiger partial charge in [0.1, 0.15) is 0 Å². The molecule has 3 rings (SSSR count). The van der Waals surface area contributed by atoms with Gasteiger partial charge in [0, 0.05) is 11.6 Å². The molecule has 1 unspecified atom stereocenters. The predicted molar refractivity (Wildman–Crippen MR) is 112 cm³/mol. The summed E-state index contributed by atoms with van der Waals surface area (Å²) >= 11 is 0. The van der Waals surface area contributed by atoms with E-state index in [1.165, 1.54) is 13.2 Å². The van der Waals surface area contributed by atoms with Crippen LogP contribution in [0.2, 0.25) is 0 Å². The minimum absolute atomic E-state index is 0.0564. The molecule has 0 N–H and O–H groups in total. The molecule has 0 fully saturated rings. The van der Waals surface area contributed by atoms with Gasteiger partial charge in [-0.05, 0) is 63.7 Å². The Morgan fingerprint density at radius 2 is 1.97 bits per heavy atom. The molecule has 0 aliphatic heterocycles. The number of aromatic nitrogens is 3. The van der Waals surface area contributed by atoms with E-state index < -0.39 is 5.82 Å². The Bertz CT molecular complexity index is 940. The summed E-state index contributed by atoms with van der Waals surface area (Å²) in [5, 5.41) is 4.57. The van der Waals surface area contributed by atoms with Crippen molar-refractivity contribution in [1.82, 2.24) is 19.5 Å². The van der Waals surface area contributed by atoms with Crippen molar-refractivity contribution in [2.75, 3.05) is 26.7 Å². The molecule has 0 aliphatic rings. The molecule has 0 amide bonds. The maximum Gasteiger partial charge on any atom is 0.232 e. The first-order valence-electron chi connectivity index (χ1n) is 10.1. The van der Waals surface area contributed by atoms with Gasteiger partial charge in [-0.3, -0.25) is 0 Å². The van der Waals surface area contributed by atoms with Crippen molar-refractivity contribution in [3.63, 3.8) is 0 Å². The van der Waals surface area contributed by atoms with E-state index in [-0.39, 0.29) is 11.9 Å². The van der Waals surface area contributed by atoms with Crippen LogP contribution in [-0.2, 0) is 0 Å². The topological polar surface area (TPSA) is 51.9 Å². The molecule has 6 nitrogen and oxygen atoms in total. The third kappa shape index (κ3) is 5.03. The second-order valence-corrected chi connectivity index (χ2v) is 7.03. The van der Waals surface area contributed by atoms with E-state index in [2.05, 4.69) is 35.8 Å². The van der Waals surface area contributed by atoms with Gasteiger partial charge in [0.2, 0.25) is 5.88 Å². The maximum absolute atomic E-state index is 14.1. The monoisotopic (exact) mass is 400 g/mol. The fraction of sp³-hybridized carbons (Fsp3) is 0.455. The van der Waals surface area contributed by atoms with Gasteiger partial charge >= 0.3 is 0 Å². The molecular formula is C22H29FN4O2. The van der Waals surface area contributed by atoms with Crippen LogP contribution in [0.3, 0.4) is 0 Å². The molecule has 2 aromatic heterocycles. The third-order valence-corrected chi connectivity index (χ3v) is 5.09. The van der Waals surface area contributed by atoms with Gasteiger partial charge < -0.3 is 14.4 Å². The highest BCUT2D eigenvalue weighted by Crippen LogP contribution is 2.26. The first-order chi connectivity index (χ1) is 14.0. The number of imidazole rings is 1. The van der Waals surface area contributed by atoms with Crippen molar-refractivity contribution in [3.8, 4) is 22.9 Å². The summed E-state index contributed by atoms with van der Waals surface area (Å²) in [6.45, 7) is 9.63. The average Bonchev–Trinajstić information content (AvgIpc) is 3.14. The van der Waals surface area contributed by atoms with Crippen LogP contribution in [0.5, 0.6) is 11.6 Å². The smallest absolute Gasteiger partial charge is 0.232 e. The van der Waals surface area contributed by atoms with Gasteiger partial charge in [0.05, 0.1) is 25.1 Å². The van der Waals surface area contributed by atoms with Crippen molar-refractivity contribution >= 4 is 5.65 Å². The van der Waals surface area contributed by atoms with Crippen LogP contribution in [-0.4, -0.2) is 52.3 Å². The highest BCUT2D eigenvalue weighted by atomic mass is 19.1. The lowest BCUT2D eigenvalue weighted by Crippen LogP contribution is -2.25. The van der Waals surface area contributed by atoms with E-state index in [1.54, 1.807) is 22.8 Å². The number of methoxy groups -OCH3 is 1. The van der Waals surface area contributed by atoms with Crippen LogP contribution in [0.1, 0.15) is 33.6 Å². The largest absolute Gasteiger partial charge is 0.494 e. The first-order valence-corrected chi connectivity index (χ1v) is 10.1. The zero-order valence-electron chi connectivity index (χ0n) is 17.6. The molecule has 1 aromatic carbocycles. The van der Waals surface area contributed by atoms with E-state index in [9.17, 15) is 4.39 Å². The van der Waals surface area contributed by atoms with Crippen molar-refractivity contribution in [1.29, 1.82) is 0 Å². The molecule has 29 heavy (non-hydrogen) atoms. The normalized spacial score (nSPS) is 12.5. The van der Waals surface area contributed by atoms with E-state index in [1.807, 2.05) is 12.1 Å². The number of hydrogen-bond donors (Lipinski definition) is 0. The second-order valence-electron chi connectivity index (χ2n) is 7.03. The SMILES string of the molecule is CCN(CC)CCCC(C)Oc1ccc2ncc(-c3ccc(OC)c(F)c3)n2n1. The van der Waals surface area contributed by atoms with Crippen LogP contribution in [0.4, 0.5) is 4.39 Å². The molecule has 7 heteroatoms. The number of hydrogen-bond acceptors (Lipinski definition) is 5. The molecule has 0 saturated heterocycles. The second kappa shape index (κ2) is 9.69. The molecule has 156 valence electrons. The summed E-state index contributed by atoms with van der Waals surface area (Å²) in [4.78, 5) is 6.77. The predicted octanol–water partition coefficient (Wildman–Crippen LogP) is 4.43. The number of benzene rings is 1. The lowest BCUT2D eigenvalue weighted by atomic mass is 10.1. The Balaban J connectivity index is 1.73. The molecule has 0 bridgehead atoms.